The van der Waals surface area contributed by atoms with Crippen molar-refractivity contribution >= 4 is 45.2 Å². The second-order valence-corrected chi connectivity index (χ2v) is 13.2. The summed E-state index contributed by atoms with van der Waals surface area (Å²) >= 11 is 3.41. The first kappa shape index (κ1) is 31.9. The number of piperazine rings is 1. The van der Waals surface area contributed by atoms with Crippen LogP contribution < -0.4 is 21.1 Å². The van der Waals surface area contributed by atoms with E-state index in [9.17, 15) is 19.2 Å². The van der Waals surface area contributed by atoms with Crippen LogP contribution in [0.2, 0.25) is 0 Å². The number of urea groups is 1. The molecule has 3 aliphatic heterocycles. The van der Waals surface area contributed by atoms with Crippen molar-refractivity contribution in [2.24, 2.45) is 7.05 Å². The highest BCUT2D eigenvalue weighted by molar-refractivity contribution is 9.10. The van der Waals surface area contributed by atoms with E-state index < -0.39 is 0 Å². The Labute approximate surface area is 276 Å². The van der Waals surface area contributed by atoms with Gasteiger partial charge >= 0.3 is 6.03 Å². The normalized spacial score (nSPS) is 21.3. The molecule has 2 N–H and O–H groups in total. The summed E-state index contributed by atoms with van der Waals surface area (Å²) in [6, 6.07) is 15.6. The number of likely N-dealkylation sites (tertiary alicyclic amines) is 1. The number of nitrogens with zero attached hydrogens (tertiary/aromatic N) is 6. The molecule has 242 valence electrons. The Morgan fingerprint density at radius 3 is 2.50 bits per heavy atom. The van der Waals surface area contributed by atoms with Crippen LogP contribution in [0.4, 0.5) is 16.2 Å². The first-order valence-corrected chi connectivity index (χ1v) is 16.4. The van der Waals surface area contributed by atoms with Gasteiger partial charge in [0.15, 0.2) is 0 Å². The monoisotopic (exact) mass is 690 g/mol. The molecule has 4 amide bonds. The molecule has 2 unspecified atom stereocenters. The van der Waals surface area contributed by atoms with Crippen molar-refractivity contribution < 1.29 is 14.4 Å². The molecule has 6 rings (SSSR count). The Morgan fingerprint density at radius 1 is 1.00 bits per heavy atom. The molecule has 3 aliphatic rings. The maximum absolute atomic E-state index is 13.4. The van der Waals surface area contributed by atoms with Crippen LogP contribution in [-0.4, -0.2) is 101 Å². The van der Waals surface area contributed by atoms with Crippen LogP contribution in [0.1, 0.15) is 40.2 Å². The summed E-state index contributed by atoms with van der Waals surface area (Å²) in [7, 11) is 3.73. The van der Waals surface area contributed by atoms with Crippen molar-refractivity contribution in [2.75, 3.05) is 63.1 Å². The number of carbonyl (C=O) groups is 3. The number of hydrogen-bond acceptors (Lipinski definition) is 8. The molecule has 13 heteroatoms. The van der Waals surface area contributed by atoms with E-state index in [4.69, 9.17) is 0 Å². The number of piperidine rings is 1. The summed E-state index contributed by atoms with van der Waals surface area (Å²) in [5.74, 6) is 0.0837. The van der Waals surface area contributed by atoms with Gasteiger partial charge in [0.1, 0.15) is 4.47 Å². The first-order valence-electron chi connectivity index (χ1n) is 15.6. The topological polar surface area (TPSA) is 123 Å². The quantitative estimate of drug-likeness (QED) is 0.388. The summed E-state index contributed by atoms with van der Waals surface area (Å²) in [5.41, 5.74) is 4.26. The Hall–Kier alpha value is -4.07. The number of rotatable bonds is 7. The van der Waals surface area contributed by atoms with Gasteiger partial charge in [-0.2, -0.15) is 5.10 Å². The molecule has 0 spiro atoms. The standard InChI is InChI=1S/C33H39BrN8O4/c1-38-20-25(17-26(21-38)36-28-18-35-39(2)32(45)30(28)34)23-6-8-24(9-7-23)31(44)41-14-12-40(13-15-41)19-22-4-3-5-27(16-22)42-11-10-29(43)37-33(42)46/h3-9,16,18,25-26,36H,10-15,17,19-21H2,1-2H3,(H,37,43,46). The van der Waals surface area contributed by atoms with Crippen molar-refractivity contribution in [1.82, 2.24) is 29.8 Å². The number of benzene rings is 2. The number of hydrogen-bond donors (Lipinski definition) is 2. The van der Waals surface area contributed by atoms with Gasteiger partial charge in [0.2, 0.25) is 5.91 Å². The second-order valence-electron chi connectivity index (χ2n) is 12.4. The molecule has 4 heterocycles. The molecule has 2 atom stereocenters. The number of imide groups is 1. The number of amides is 4. The Balaban J connectivity index is 1.02. The Morgan fingerprint density at radius 2 is 1.76 bits per heavy atom. The van der Waals surface area contributed by atoms with Crippen LogP contribution >= 0.6 is 15.9 Å². The molecular formula is C33H39BrN8O4. The van der Waals surface area contributed by atoms with E-state index in [1.165, 1.54) is 10.2 Å². The second kappa shape index (κ2) is 13.7. The van der Waals surface area contributed by atoms with E-state index in [0.717, 1.165) is 50.4 Å². The fraction of sp³-hybridized carbons (Fsp3) is 0.424. The number of carbonyl (C=O) groups excluding carboxylic acids is 3. The highest BCUT2D eigenvalue weighted by atomic mass is 79.9. The van der Waals surface area contributed by atoms with Gasteiger partial charge in [-0.3, -0.25) is 29.5 Å². The van der Waals surface area contributed by atoms with E-state index in [2.05, 4.69) is 60.6 Å². The fourth-order valence-corrected chi connectivity index (χ4v) is 7.05. The predicted molar refractivity (Wildman–Crippen MR) is 179 cm³/mol. The summed E-state index contributed by atoms with van der Waals surface area (Å²) in [6.07, 6.45) is 2.87. The van der Waals surface area contributed by atoms with E-state index in [0.29, 0.717) is 41.8 Å². The lowest BCUT2D eigenvalue weighted by atomic mass is 9.87. The molecule has 46 heavy (non-hydrogen) atoms. The van der Waals surface area contributed by atoms with Gasteiger partial charge in [0, 0.05) is 83.1 Å². The summed E-state index contributed by atoms with van der Waals surface area (Å²) < 4.78 is 1.79. The summed E-state index contributed by atoms with van der Waals surface area (Å²) in [6.45, 7) is 5.66. The molecule has 3 fully saturated rings. The van der Waals surface area contributed by atoms with E-state index in [1.807, 2.05) is 41.3 Å². The predicted octanol–water partition coefficient (Wildman–Crippen LogP) is 2.85. The van der Waals surface area contributed by atoms with Crippen LogP contribution in [0.5, 0.6) is 0 Å². The van der Waals surface area contributed by atoms with Crippen LogP contribution in [0.25, 0.3) is 0 Å². The summed E-state index contributed by atoms with van der Waals surface area (Å²) in [4.78, 5) is 57.6. The Bertz CT molecular complexity index is 1670. The zero-order valence-corrected chi connectivity index (χ0v) is 27.7. The van der Waals surface area contributed by atoms with Crippen molar-refractivity contribution in [1.29, 1.82) is 0 Å². The maximum atomic E-state index is 13.4. The summed E-state index contributed by atoms with van der Waals surface area (Å²) in [5, 5.41) is 10.0. The number of aryl methyl sites for hydroxylation is 1. The minimum absolute atomic E-state index is 0.0437. The van der Waals surface area contributed by atoms with Crippen molar-refractivity contribution in [2.45, 2.75) is 31.3 Å². The smallest absolute Gasteiger partial charge is 0.328 e. The first-order chi connectivity index (χ1) is 22.1. The van der Waals surface area contributed by atoms with Gasteiger partial charge in [0.05, 0.1) is 11.9 Å². The molecule has 1 aromatic heterocycles. The van der Waals surface area contributed by atoms with Gasteiger partial charge in [-0.15, -0.1) is 0 Å². The van der Waals surface area contributed by atoms with E-state index >= 15 is 0 Å². The third-order valence-electron chi connectivity index (χ3n) is 9.04. The van der Waals surface area contributed by atoms with E-state index in [1.54, 1.807) is 18.1 Å². The van der Waals surface area contributed by atoms with Crippen LogP contribution in [0.15, 0.2) is 64.0 Å². The molecule has 0 radical (unpaired) electrons. The SMILES string of the molecule is CN1CC(Nc2cnn(C)c(=O)c2Br)CC(c2ccc(C(=O)N3CCN(Cc4cccc(N5CCC(=O)NC5=O)c4)CC3)cc2)C1. The molecule has 3 aromatic rings. The lowest BCUT2D eigenvalue weighted by Crippen LogP contribution is -2.49. The van der Waals surface area contributed by atoms with Crippen LogP contribution in [-0.2, 0) is 18.4 Å². The van der Waals surface area contributed by atoms with Gasteiger partial charge in [0.25, 0.3) is 11.5 Å². The van der Waals surface area contributed by atoms with Crippen molar-refractivity contribution in [3.63, 3.8) is 0 Å². The van der Waals surface area contributed by atoms with Crippen LogP contribution in [0.3, 0.4) is 0 Å². The number of aromatic nitrogens is 2. The zero-order valence-electron chi connectivity index (χ0n) is 26.1. The van der Waals surface area contributed by atoms with E-state index in [-0.39, 0.29) is 35.4 Å². The average molecular weight is 692 g/mol. The third kappa shape index (κ3) is 7.16. The van der Waals surface area contributed by atoms with Crippen LogP contribution in [0, 0.1) is 0 Å². The highest BCUT2D eigenvalue weighted by Gasteiger charge is 2.29. The lowest BCUT2D eigenvalue weighted by molar-refractivity contribution is -0.120. The number of anilines is 2. The minimum Gasteiger partial charge on any atom is -0.379 e. The van der Waals surface area contributed by atoms with Gasteiger partial charge in [-0.25, -0.2) is 9.48 Å². The zero-order chi connectivity index (χ0) is 32.4. The van der Waals surface area contributed by atoms with Gasteiger partial charge in [-0.1, -0.05) is 24.3 Å². The average Bonchev–Trinajstić information content (AvgIpc) is 3.05. The van der Waals surface area contributed by atoms with Gasteiger partial charge < -0.3 is 15.1 Å². The molecule has 0 bridgehead atoms. The number of likely N-dealkylation sites (N-methyl/N-ethyl adjacent to an activating group) is 1. The number of halogens is 1. The largest absolute Gasteiger partial charge is 0.379 e. The molecule has 0 aliphatic carbocycles. The third-order valence-corrected chi connectivity index (χ3v) is 9.81. The number of nitrogens with one attached hydrogen (secondary N) is 2. The Kier molecular flexibility index (Phi) is 9.52. The molecule has 3 saturated heterocycles. The molecular weight excluding hydrogens is 652 g/mol. The molecule has 0 saturated carbocycles. The molecule has 12 nitrogen and oxygen atoms in total. The lowest BCUT2D eigenvalue weighted by Gasteiger charge is -2.37. The fourth-order valence-electron chi connectivity index (χ4n) is 6.58. The maximum Gasteiger partial charge on any atom is 0.328 e. The van der Waals surface area contributed by atoms with Crippen molar-refractivity contribution in [3.8, 4) is 0 Å². The highest BCUT2D eigenvalue weighted by Crippen LogP contribution is 2.30. The van der Waals surface area contributed by atoms with Crippen molar-refractivity contribution in [3.05, 3.63) is 86.2 Å². The molecule has 2 aromatic carbocycles. The minimum atomic E-state index is -0.385. The van der Waals surface area contributed by atoms with Gasteiger partial charge in [-0.05, 0) is 70.7 Å².